The average Bonchev–Trinajstić information content (AvgIpc) is 3.32. The number of nitrogens with zero attached hydrogens (tertiary/aromatic N) is 2. The molecule has 1 aliphatic heterocycles. The number of aryl methyl sites for hydroxylation is 1. The average molecular weight is 517 g/mol. The molecular formula is C24H18Cl2N2O5S. The van der Waals surface area contributed by atoms with Crippen molar-refractivity contribution in [3.63, 3.8) is 0 Å². The summed E-state index contributed by atoms with van der Waals surface area (Å²) in [7, 11) is 1.51. The van der Waals surface area contributed by atoms with Gasteiger partial charge in [-0.05, 0) is 48.9 Å². The molecule has 1 saturated heterocycles. The summed E-state index contributed by atoms with van der Waals surface area (Å²) in [4.78, 5) is 44.3. The zero-order valence-corrected chi connectivity index (χ0v) is 20.6. The van der Waals surface area contributed by atoms with Gasteiger partial charge in [-0.15, -0.1) is 0 Å². The van der Waals surface area contributed by atoms with Gasteiger partial charge in [-0.2, -0.15) is 0 Å². The van der Waals surface area contributed by atoms with Gasteiger partial charge >= 0.3 is 5.91 Å². The first-order valence-electron chi connectivity index (χ1n) is 10.0. The summed E-state index contributed by atoms with van der Waals surface area (Å²) < 4.78 is 5.15. The molecule has 0 saturated carbocycles. The number of aliphatic hydroxyl groups is 1. The van der Waals surface area contributed by atoms with E-state index < -0.39 is 17.7 Å². The molecule has 0 bridgehead atoms. The number of anilines is 1. The lowest BCUT2D eigenvalue weighted by Gasteiger charge is -2.23. The van der Waals surface area contributed by atoms with Gasteiger partial charge in [-0.25, -0.2) is 4.98 Å². The van der Waals surface area contributed by atoms with Crippen molar-refractivity contribution in [1.29, 1.82) is 0 Å². The van der Waals surface area contributed by atoms with Crippen LogP contribution >= 0.6 is 34.5 Å². The zero-order valence-electron chi connectivity index (χ0n) is 18.3. The van der Waals surface area contributed by atoms with E-state index in [4.69, 9.17) is 27.9 Å². The number of halogens is 2. The van der Waals surface area contributed by atoms with Gasteiger partial charge in [-0.3, -0.25) is 19.3 Å². The summed E-state index contributed by atoms with van der Waals surface area (Å²) in [6.07, 6.45) is 0. The van der Waals surface area contributed by atoms with Crippen molar-refractivity contribution >= 4 is 62.9 Å². The van der Waals surface area contributed by atoms with Crippen molar-refractivity contribution in [1.82, 2.24) is 4.98 Å². The molecular weight excluding hydrogens is 499 g/mol. The van der Waals surface area contributed by atoms with Crippen LogP contribution in [-0.2, 0) is 9.59 Å². The molecule has 1 aromatic heterocycles. The van der Waals surface area contributed by atoms with E-state index in [1.54, 1.807) is 43.3 Å². The first kappa shape index (κ1) is 23.9. The van der Waals surface area contributed by atoms with Crippen molar-refractivity contribution in [3.05, 3.63) is 79.8 Å². The lowest BCUT2D eigenvalue weighted by Crippen LogP contribution is -2.29. The van der Waals surface area contributed by atoms with Gasteiger partial charge in [-0.1, -0.05) is 40.6 Å². The van der Waals surface area contributed by atoms with Crippen LogP contribution in [0.5, 0.6) is 5.75 Å². The van der Waals surface area contributed by atoms with Crippen LogP contribution in [0.3, 0.4) is 0 Å². The molecule has 1 fully saturated rings. The summed E-state index contributed by atoms with van der Waals surface area (Å²) in [6, 6.07) is 10.1. The van der Waals surface area contributed by atoms with Crippen LogP contribution in [0.4, 0.5) is 5.13 Å². The van der Waals surface area contributed by atoms with Gasteiger partial charge in [0.2, 0.25) is 0 Å². The SMILES string of the molecule is COc1ccc(C(O)=C2C(=O)C(=O)N(c3nc(C)c(C(C)=O)s3)[C@H]2c2ccc(Cl)c(Cl)c2)cc1. The molecule has 1 atom stereocenters. The topological polar surface area (TPSA) is 96.8 Å². The summed E-state index contributed by atoms with van der Waals surface area (Å²) in [5, 5.41) is 11.8. The van der Waals surface area contributed by atoms with Crippen molar-refractivity contribution in [2.75, 3.05) is 12.0 Å². The van der Waals surface area contributed by atoms with E-state index in [1.165, 1.54) is 25.0 Å². The highest BCUT2D eigenvalue weighted by molar-refractivity contribution is 7.18. The quantitative estimate of drug-likeness (QED) is 0.205. The highest BCUT2D eigenvalue weighted by atomic mass is 35.5. The Hall–Kier alpha value is -3.20. The number of carbonyl (C=O) groups is 3. The fourth-order valence-corrected chi connectivity index (χ4v) is 5.04. The molecule has 174 valence electrons. The van der Waals surface area contributed by atoms with Gasteiger partial charge in [0, 0.05) is 12.5 Å². The molecule has 10 heteroatoms. The first-order valence-corrected chi connectivity index (χ1v) is 11.6. The van der Waals surface area contributed by atoms with E-state index in [9.17, 15) is 19.5 Å². The van der Waals surface area contributed by atoms with Gasteiger partial charge in [0.05, 0.1) is 39.3 Å². The second kappa shape index (κ2) is 9.21. The molecule has 2 heterocycles. The van der Waals surface area contributed by atoms with Crippen LogP contribution in [0.2, 0.25) is 10.0 Å². The van der Waals surface area contributed by atoms with Crippen LogP contribution in [0.1, 0.15) is 39.5 Å². The number of hydrogen-bond donors (Lipinski definition) is 1. The highest BCUT2D eigenvalue weighted by Crippen LogP contribution is 2.44. The maximum atomic E-state index is 13.2. The van der Waals surface area contributed by atoms with Crippen molar-refractivity contribution in [3.8, 4) is 5.75 Å². The van der Waals surface area contributed by atoms with Crippen LogP contribution in [0.15, 0.2) is 48.0 Å². The number of amides is 1. The Morgan fingerprint density at radius 2 is 1.79 bits per heavy atom. The minimum absolute atomic E-state index is 0.134. The van der Waals surface area contributed by atoms with Crippen LogP contribution in [0.25, 0.3) is 5.76 Å². The third kappa shape index (κ3) is 4.09. The number of carbonyl (C=O) groups excluding carboxylic acids is 3. The van der Waals surface area contributed by atoms with E-state index in [1.807, 2.05) is 0 Å². The van der Waals surface area contributed by atoms with Crippen molar-refractivity contribution in [2.45, 2.75) is 19.9 Å². The van der Waals surface area contributed by atoms with E-state index >= 15 is 0 Å². The number of aromatic nitrogens is 1. The van der Waals surface area contributed by atoms with Gasteiger partial charge in [0.15, 0.2) is 10.9 Å². The Balaban J connectivity index is 1.95. The highest BCUT2D eigenvalue weighted by Gasteiger charge is 2.48. The van der Waals surface area contributed by atoms with Crippen LogP contribution in [0, 0.1) is 6.92 Å². The Morgan fingerprint density at radius 3 is 2.35 bits per heavy atom. The molecule has 34 heavy (non-hydrogen) atoms. The normalized spacial score (nSPS) is 17.3. The molecule has 1 N–H and O–H groups in total. The van der Waals surface area contributed by atoms with Gasteiger partial charge in [0.1, 0.15) is 11.5 Å². The number of hydrogen-bond acceptors (Lipinski definition) is 7. The summed E-state index contributed by atoms with van der Waals surface area (Å²) in [6.45, 7) is 3.05. The molecule has 1 amide bonds. The number of thiazole rings is 1. The Bertz CT molecular complexity index is 1360. The lowest BCUT2D eigenvalue weighted by atomic mass is 9.95. The maximum Gasteiger partial charge on any atom is 0.301 e. The summed E-state index contributed by atoms with van der Waals surface area (Å²) in [5.74, 6) is -1.77. The standard InChI is InChI=1S/C24H18Cl2N2O5S/c1-11-22(12(2)29)34-24(27-11)28-19(14-6-9-16(25)17(26)10-14)18(21(31)23(28)32)20(30)13-4-7-15(33-3)8-5-13/h4-10,19,30H,1-3H3/t19-/m0/s1. The predicted molar refractivity (Wildman–Crippen MR) is 131 cm³/mol. The second-order valence-corrected chi connectivity index (χ2v) is 9.33. The number of aliphatic hydroxyl groups excluding tert-OH is 1. The van der Waals surface area contributed by atoms with E-state index in [0.717, 1.165) is 11.3 Å². The molecule has 4 rings (SSSR count). The van der Waals surface area contributed by atoms with Crippen LogP contribution in [-0.4, -0.2) is 34.7 Å². The van der Waals surface area contributed by atoms with Crippen molar-refractivity contribution in [2.24, 2.45) is 0 Å². The van der Waals surface area contributed by atoms with Gasteiger partial charge in [0.25, 0.3) is 5.78 Å². The lowest BCUT2D eigenvalue weighted by molar-refractivity contribution is -0.132. The molecule has 1 aliphatic rings. The smallest absolute Gasteiger partial charge is 0.301 e. The third-order valence-electron chi connectivity index (χ3n) is 5.38. The van der Waals surface area contributed by atoms with Gasteiger partial charge < -0.3 is 9.84 Å². The maximum absolute atomic E-state index is 13.2. The minimum atomic E-state index is -1.04. The van der Waals surface area contributed by atoms with Crippen LogP contribution < -0.4 is 9.64 Å². The molecule has 3 aromatic rings. The number of rotatable bonds is 5. The molecule has 0 spiro atoms. The zero-order chi connectivity index (χ0) is 24.7. The summed E-state index contributed by atoms with van der Waals surface area (Å²) >= 11 is 13.3. The van der Waals surface area contributed by atoms with E-state index in [2.05, 4.69) is 4.98 Å². The first-order chi connectivity index (χ1) is 16.1. The largest absolute Gasteiger partial charge is 0.507 e. The Kier molecular flexibility index (Phi) is 6.49. The number of ether oxygens (including phenoxy) is 1. The number of ketones is 2. The predicted octanol–water partition coefficient (Wildman–Crippen LogP) is 5.60. The molecule has 7 nitrogen and oxygen atoms in total. The molecule has 2 aromatic carbocycles. The summed E-state index contributed by atoms with van der Waals surface area (Å²) in [5.41, 5.74) is 1.08. The molecule has 0 unspecified atom stereocenters. The van der Waals surface area contributed by atoms with E-state index in [0.29, 0.717) is 32.5 Å². The number of benzene rings is 2. The second-order valence-electron chi connectivity index (χ2n) is 7.54. The monoisotopic (exact) mass is 516 g/mol. The Labute approximate surface area is 209 Å². The van der Waals surface area contributed by atoms with E-state index in [-0.39, 0.29) is 27.3 Å². The molecule has 0 radical (unpaired) electrons. The van der Waals surface area contributed by atoms with Crippen molar-refractivity contribution < 1.29 is 24.2 Å². The number of Topliss-reactive ketones (excluding diaryl/α,β-unsaturated/α-hetero) is 2. The molecule has 0 aliphatic carbocycles. The fourth-order valence-electron chi connectivity index (χ4n) is 3.74. The third-order valence-corrected chi connectivity index (χ3v) is 7.38. The fraction of sp³-hybridized carbons (Fsp3) is 0.167. The number of methoxy groups -OCH3 is 1. The Morgan fingerprint density at radius 1 is 1.12 bits per heavy atom. The minimum Gasteiger partial charge on any atom is -0.507 e.